The second-order valence-corrected chi connectivity index (χ2v) is 5.29. The molecule has 0 aromatic heterocycles. The van der Waals surface area contributed by atoms with Crippen molar-refractivity contribution in [2.75, 3.05) is 20.7 Å². The van der Waals surface area contributed by atoms with Gasteiger partial charge in [-0.3, -0.25) is 4.90 Å². The smallest absolute Gasteiger partial charge is 0.123 e. The average Bonchev–Trinajstić information content (AvgIpc) is 2.50. The highest BCUT2D eigenvalue weighted by Gasteiger charge is 2.08. The maximum absolute atomic E-state index is 5.69. The zero-order chi connectivity index (χ0) is 15.1. The van der Waals surface area contributed by atoms with Gasteiger partial charge in [0.1, 0.15) is 5.75 Å². The average molecular weight is 284 g/mol. The molecule has 0 fully saturated rings. The van der Waals surface area contributed by atoms with Gasteiger partial charge in [-0.25, -0.2) is 0 Å². The Morgan fingerprint density at radius 1 is 0.905 bits per heavy atom. The molecule has 3 nitrogen and oxygen atoms in total. The van der Waals surface area contributed by atoms with E-state index in [0.29, 0.717) is 6.54 Å². The summed E-state index contributed by atoms with van der Waals surface area (Å²) in [4.78, 5) is 2.30. The number of rotatable bonds is 7. The molecule has 0 amide bonds. The lowest BCUT2D eigenvalue weighted by Crippen LogP contribution is -2.19. The van der Waals surface area contributed by atoms with Crippen LogP contribution in [-0.2, 0) is 19.5 Å². The Morgan fingerprint density at radius 2 is 1.48 bits per heavy atom. The van der Waals surface area contributed by atoms with Crippen LogP contribution in [0.25, 0.3) is 0 Å². The zero-order valence-corrected chi connectivity index (χ0v) is 12.9. The first-order chi connectivity index (χ1) is 10.2. The molecule has 3 heteroatoms. The number of nitrogens with two attached hydrogens (primary N) is 1. The minimum atomic E-state index is 0.688. The van der Waals surface area contributed by atoms with E-state index in [1.807, 2.05) is 18.2 Å². The van der Waals surface area contributed by atoms with Gasteiger partial charge in [-0.2, -0.15) is 0 Å². The highest BCUT2D eigenvalue weighted by atomic mass is 16.5. The van der Waals surface area contributed by atoms with E-state index in [0.717, 1.165) is 25.3 Å². The topological polar surface area (TPSA) is 38.5 Å². The van der Waals surface area contributed by atoms with Gasteiger partial charge in [-0.15, -0.1) is 0 Å². The molecule has 2 rings (SSSR count). The van der Waals surface area contributed by atoms with Gasteiger partial charge in [0, 0.05) is 18.7 Å². The van der Waals surface area contributed by atoms with Crippen LogP contribution < -0.4 is 10.5 Å². The van der Waals surface area contributed by atoms with Crippen molar-refractivity contribution in [3.8, 4) is 5.75 Å². The van der Waals surface area contributed by atoms with Crippen molar-refractivity contribution in [1.29, 1.82) is 0 Å². The number of hydrogen-bond acceptors (Lipinski definition) is 3. The molecule has 0 spiro atoms. The molecule has 112 valence electrons. The number of hydrogen-bond donors (Lipinski definition) is 1. The van der Waals surface area contributed by atoms with Crippen LogP contribution in [0, 0.1) is 0 Å². The third-order valence-corrected chi connectivity index (χ3v) is 3.61. The molecule has 0 radical (unpaired) electrons. The number of nitrogens with zero attached hydrogens (tertiary/aromatic N) is 1. The SMILES string of the molecule is COc1ccccc1CN(C)Cc1ccccc1CCN. The van der Waals surface area contributed by atoms with Crippen LogP contribution in [0.2, 0.25) is 0 Å². The van der Waals surface area contributed by atoms with Crippen molar-refractivity contribution in [2.24, 2.45) is 5.73 Å². The Kier molecular flexibility index (Phi) is 5.78. The van der Waals surface area contributed by atoms with Gasteiger partial charge in [-0.1, -0.05) is 42.5 Å². The molecule has 0 aliphatic rings. The van der Waals surface area contributed by atoms with E-state index in [4.69, 9.17) is 10.5 Å². The Balaban J connectivity index is 2.06. The molecule has 0 atom stereocenters. The lowest BCUT2D eigenvalue weighted by atomic mass is 10.0. The molecule has 2 aromatic rings. The van der Waals surface area contributed by atoms with E-state index >= 15 is 0 Å². The third kappa shape index (κ3) is 4.31. The van der Waals surface area contributed by atoms with Gasteiger partial charge in [0.15, 0.2) is 0 Å². The molecular weight excluding hydrogens is 260 g/mol. The zero-order valence-electron chi connectivity index (χ0n) is 12.9. The molecule has 0 heterocycles. The second kappa shape index (κ2) is 7.81. The first kappa shape index (κ1) is 15.5. The van der Waals surface area contributed by atoms with Crippen molar-refractivity contribution in [3.63, 3.8) is 0 Å². The summed E-state index contributed by atoms with van der Waals surface area (Å²) in [5.74, 6) is 0.944. The lowest BCUT2D eigenvalue weighted by molar-refractivity contribution is 0.309. The Hall–Kier alpha value is -1.84. The third-order valence-electron chi connectivity index (χ3n) is 3.61. The summed E-state index contributed by atoms with van der Waals surface area (Å²) >= 11 is 0. The summed E-state index contributed by atoms with van der Waals surface area (Å²) in [7, 11) is 3.85. The second-order valence-electron chi connectivity index (χ2n) is 5.29. The molecule has 0 bridgehead atoms. The fourth-order valence-electron chi connectivity index (χ4n) is 2.58. The molecule has 0 saturated carbocycles. The summed E-state index contributed by atoms with van der Waals surface area (Å²) in [6.45, 7) is 2.46. The molecule has 2 N–H and O–H groups in total. The van der Waals surface area contributed by atoms with Crippen molar-refractivity contribution in [3.05, 3.63) is 65.2 Å². The van der Waals surface area contributed by atoms with Crippen molar-refractivity contribution in [1.82, 2.24) is 4.90 Å². The Bertz CT molecular complexity index is 569. The molecule has 21 heavy (non-hydrogen) atoms. The van der Waals surface area contributed by atoms with Crippen LogP contribution in [0.1, 0.15) is 16.7 Å². The van der Waals surface area contributed by atoms with E-state index in [2.05, 4.69) is 42.3 Å². The Labute approximate surface area is 127 Å². The molecule has 0 aliphatic heterocycles. The van der Waals surface area contributed by atoms with Crippen molar-refractivity contribution in [2.45, 2.75) is 19.5 Å². The summed E-state index contributed by atoms with van der Waals surface area (Å²) in [5.41, 5.74) is 9.59. The number of methoxy groups -OCH3 is 1. The van der Waals surface area contributed by atoms with Gasteiger partial charge in [0.25, 0.3) is 0 Å². The van der Waals surface area contributed by atoms with Crippen LogP contribution in [0.5, 0.6) is 5.75 Å². The fraction of sp³-hybridized carbons (Fsp3) is 0.333. The fourth-order valence-corrected chi connectivity index (χ4v) is 2.58. The Morgan fingerprint density at radius 3 is 2.14 bits per heavy atom. The standard InChI is InChI=1S/C18H24N2O/c1-20(14-17-9-5-6-10-18(17)21-2)13-16-8-4-3-7-15(16)11-12-19/h3-10H,11-14,19H2,1-2H3. The minimum absolute atomic E-state index is 0.688. The quantitative estimate of drug-likeness (QED) is 0.849. The highest BCUT2D eigenvalue weighted by molar-refractivity contribution is 5.33. The van der Waals surface area contributed by atoms with Crippen molar-refractivity contribution < 1.29 is 4.74 Å². The highest BCUT2D eigenvalue weighted by Crippen LogP contribution is 2.20. The predicted molar refractivity (Wildman–Crippen MR) is 87.4 cm³/mol. The molecule has 0 aliphatic carbocycles. The van der Waals surface area contributed by atoms with Crippen LogP contribution >= 0.6 is 0 Å². The van der Waals surface area contributed by atoms with E-state index in [1.54, 1.807) is 7.11 Å². The number of para-hydroxylation sites is 1. The number of ether oxygens (including phenoxy) is 1. The lowest BCUT2D eigenvalue weighted by Gasteiger charge is -2.20. The van der Waals surface area contributed by atoms with Crippen LogP contribution in [0.15, 0.2) is 48.5 Å². The van der Waals surface area contributed by atoms with Crippen LogP contribution in [0.3, 0.4) is 0 Å². The summed E-state index contributed by atoms with van der Waals surface area (Å²) in [6, 6.07) is 16.7. The van der Waals surface area contributed by atoms with Gasteiger partial charge in [0.2, 0.25) is 0 Å². The molecule has 0 unspecified atom stereocenters. The van der Waals surface area contributed by atoms with Crippen LogP contribution in [0.4, 0.5) is 0 Å². The van der Waals surface area contributed by atoms with E-state index in [9.17, 15) is 0 Å². The van der Waals surface area contributed by atoms with Crippen LogP contribution in [-0.4, -0.2) is 25.6 Å². The summed E-state index contributed by atoms with van der Waals surface area (Å²) in [6.07, 6.45) is 0.929. The maximum Gasteiger partial charge on any atom is 0.123 e. The monoisotopic (exact) mass is 284 g/mol. The normalized spacial score (nSPS) is 10.9. The minimum Gasteiger partial charge on any atom is -0.496 e. The first-order valence-corrected chi connectivity index (χ1v) is 7.32. The maximum atomic E-state index is 5.69. The van der Waals surface area contributed by atoms with E-state index in [-0.39, 0.29) is 0 Å². The largest absolute Gasteiger partial charge is 0.496 e. The van der Waals surface area contributed by atoms with E-state index in [1.165, 1.54) is 16.7 Å². The van der Waals surface area contributed by atoms with Gasteiger partial charge < -0.3 is 10.5 Å². The molecule has 2 aromatic carbocycles. The summed E-state index contributed by atoms with van der Waals surface area (Å²) < 4.78 is 5.42. The summed E-state index contributed by atoms with van der Waals surface area (Å²) in [5, 5.41) is 0. The van der Waals surface area contributed by atoms with Gasteiger partial charge in [0.05, 0.1) is 7.11 Å². The van der Waals surface area contributed by atoms with Crippen molar-refractivity contribution >= 4 is 0 Å². The first-order valence-electron chi connectivity index (χ1n) is 7.32. The predicted octanol–water partition coefficient (Wildman–Crippen LogP) is 2.83. The molecular formula is C18H24N2O. The van der Waals surface area contributed by atoms with E-state index < -0.39 is 0 Å². The molecule has 0 saturated heterocycles. The van der Waals surface area contributed by atoms with Gasteiger partial charge in [-0.05, 0) is 37.2 Å². The van der Waals surface area contributed by atoms with Gasteiger partial charge >= 0.3 is 0 Å². The number of benzene rings is 2.